The van der Waals surface area contributed by atoms with Crippen LogP contribution >= 0.6 is 0 Å². The van der Waals surface area contributed by atoms with Crippen molar-refractivity contribution in [3.05, 3.63) is 204 Å². The summed E-state index contributed by atoms with van der Waals surface area (Å²) in [7, 11) is 5.35. The number of carbonyl (C=O) groups is 2. The molecule has 0 aromatic heterocycles. The fourth-order valence-electron chi connectivity index (χ4n) is 4.22. The zero-order valence-electron chi connectivity index (χ0n) is 45.2. The van der Waals surface area contributed by atoms with E-state index in [1.165, 1.54) is 65.1 Å². The van der Waals surface area contributed by atoms with E-state index in [4.69, 9.17) is 13.0 Å². The fourth-order valence-corrected chi connectivity index (χ4v) is 4.22. The van der Waals surface area contributed by atoms with Crippen LogP contribution in [0.3, 0.4) is 0 Å². The van der Waals surface area contributed by atoms with Crippen molar-refractivity contribution in [3.63, 3.8) is 0 Å². The largest absolute Gasteiger partial charge is 0.478 e. The molecule has 4 heteroatoms. The number of carboxylic acid groups (broad SMARTS) is 1. The molecule has 0 saturated carbocycles. The Morgan fingerprint density at radius 2 is 0.672 bits per heavy atom. The molecule has 0 aliphatic rings. The molecule has 0 bridgehead atoms. The van der Waals surface area contributed by atoms with E-state index in [1.807, 2.05) is 190 Å². The first-order valence-electron chi connectivity index (χ1n) is 24.7. The first kappa shape index (κ1) is 85.1. The third-order valence-electron chi connectivity index (χ3n) is 7.07. The number of unbranched alkanes of at least 4 members (excludes halogenated alkanes) is 1. The Hall–Kier alpha value is -5.22. The van der Waals surface area contributed by atoms with Crippen molar-refractivity contribution in [2.75, 3.05) is 0 Å². The second-order valence-electron chi connectivity index (χ2n) is 11.2. The van der Waals surface area contributed by atoms with Crippen molar-refractivity contribution >= 4 is 19.6 Å². The molecule has 0 saturated heterocycles. The summed E-state index contributed by atoms with van der Waals surface area (Å²) in [6.45, 7) is 42.6. The molecule has 5 aromatic carbocycles. The smallest absolute Gasteiger partial charge is 0.327 e. The average Bonchev–Trinajstić information content (AvgIpc) is 3.41. The van der Waals surface area contributed by atoms with E-state index in [0.717, 1.165) is 12.5 Å². The molecule has 3 nitrogen and oxygen atoms in total. The molecule has 67 heavy (non-hydrogen) atoms. The maximum absolute atomic E-state index is 10.9. The highest BCUT2D eigenvalue weighted by Crippen LogP contribution is 2.10. The molecule has 0 heterocycles. The second kappa shape index (κ2) is 81.0. The van der Waals surface area contributed by atoms with E-state index in [9.17, 15) is 9.59 Å². The number of aryl methyl sites for hydroxylation is 5. The highest BCUT2D eigenvalue weighted by molar-refractivity contribution is 6.08. The molecule has 5 aromatic rings. The van der Waals surface area contributed by atoms with Crippen molar-refractivity contribution in [1.29, 1.82) is 0 Å². The summed E-state index contributed by atoms with van der Waals surface area (Å²) in [5.41, 5.74) is 7.97. The predicted molar refractivity (Wildman–Crippen MR) is 313 cm³/mol. The van der Waals surface area contributed by atoms with Crippen LogP contribution in [-0.2, 0) is 35.2 Å². The summed E-state index contributed by atoms with van der Waals surface area (Å²) in [6, 6.07) is 49.9. The lowest BCUT2D eigenvalue weighted by molar-refractivity contribution is -0.131. The van der Waals surface area contributed by atoms with Crippen molar-refractivity contribution in [1.82, 2.24) is 0 Å². The lowest BCUT2D eigenvalue weighted by Gasteiger charge is -2.03. The van der Waals surface area contributed by atoms with Crippen LogP contribution in [0.5, 0.6) is 0 Å². The quantitative estimate of drug-likeness (QED) is 0.0816. The number of aliphatic carboxylic acids is 1. The van der Waals surface area contributed by atoms with Gasteiger partial charge >= 0.3 is 5.97 Å². The molecule has 0 spiro atoms. The third kappa shape index (κ3) is 70.0. The topological polar surface area (TPSA) is 54.4 Å². The number of ketones is 1. The van der Waals surface area contributed by atoms with Gasteiger partial charge in [-0.05, 0) is 68.7 Å². The molecular formula is C63H107BO3. The summed E-state index contributed by atoms with van der Waals surface area (Å²) in [6.07, 6.45) is 9.18. The third-order valence-corrected chi connectivity index (χ3v) is 7.07. The van der Waals surface area contributed by atoms with Gasteiger partial charge in [-0.25, -0.2) is 4.79 Å². The lowest BCUT2D eigenvalue weighted by Crippen LogP contribution is -1.94. The molecule has 0 atom stereocenters. The zero-order chi connectivity index (χ0) is 52.0. The van der Waals surface area contributed by atoms with Gasteiger partial charge in [-0.15, -0.1) is 0 Å². The summed E-state index contributed by atoms with van der Waals surface area (Å²) >= 11 is 0. The van der Waals surface area contributed by atoms with Crippen molar-refractivity contribution in [3.8, 4) is 0 Å². The van der Waals surface area contributed by atoms with Crippen LogP contribution in [0.1, 0.15) is 178 Å². The Bertz CT molecular complexity index is 1550. The zero-order valence-corrected chi connectivity index (χ0v) is 45.2. The van der Waals surface area contributed by atoms with Gasteiger partial charge in [0.2, 0.25) is 0 Å². The number of carboxylic acids is 1. The summed E-state index contributed by atoms with van der Waals surface area (Å²) < 4.78 is 0. The summed E-state index contributed by atoms with van der Waals surface area (Å²) in [5, 5.41) is 7.60. The van der Waals surface area contributed by atoms with E-state index in [2.05, 4.69) is 93.7 Å². The molecule has 380 valence electrons. The van der Waals surface area contributed by atoms with Crippen LogP contribution in [-0.4, -0.2) is 24.7 Å². The number of hydrogen-bond donors (Lipinski definition) is 1. The fraction of sp³-hybridized carbons (Fsp3) is 0.429. The van der Waals surface area contributed by atoms with Gasteiger partial charge < -0.3 is 5.11 Å². The van der Waals surface area contributed by atoms with E-state index >= 15 is 0 Å². The van der Waals surface area contributed by atoms with Crippen LogP contribution in [0.25, 0.3) is 0 Å². The molecule has 5 rings (SSSR count). The van der Waals surface area contributed by atoms with E-state index < -0.39 is 5.97 Å². The molecule has 0 aliphatic carbocycles. The highest BCUT2D eigenvalue weighted by Gasteiger charge is 1.97. The van der Waals surface area contributed by atoms with Gasteiger partial charge in [-0.3, -0.25) is 4.79 Å². The van der Waals surface area contributed by atoms with E-state index in [-0.39, 0.29) is 20.6 Å². The van der Waals surface area contributed by atoms with Gasteiger partial charge in [0.25, 0.3) is 0 Å². The van der Waals surface area contributed by atoms with Crippen LogP contribution in [0.2, 0.25) is 0 Å². The van der Waals surface area contributed by atoms with Gasteiger partial charge in [0.05, 0.1) is 7.85 Å². The van der Waals surface area contributed by atoms with Gasteiger partial charge in [-0.2, -0.15) is 0 Å². The Morgan fingerprint density at radius 1 is 0.418 bits per heavy atom. The van der Waals surface area contributed by atoms with Crippen LogP contribution in [0.4, 0.5) is 0 Å². The SMILES string of the molecule is C.C.C=CC(=O)CCc1ccccc1.C=CC(=O)O.CC.CC.CC.CC.CC.CC.CC.CC.Cc1ccc(CCCCc2ccccc2)cc1.Cc1ccccc1.[B]Cc1ccccc1. The van der Waals surface area contributed by atoms with Gasteiger partial charge in [0, 0.05) is 12.5 Å². The maximum Gasteiger partial charge on any atom is 0.327 e. The number of allylic oxidation sites excluding steroid dienone is 1. The van der Waals surface area contributed by atoms with E-state index in [1.54, 1.807) is 0 Å². The molecule has 2 radical (unpaired) electrons. The molecule has 1 N–H and O–H groups in total. The second-order valence-corrected chi connectivity index (χ2v) is 11.2. The number of hydrogen-bond acceptors (Lipinski definition) is 2. The summed E-state index contributed by atoms with van der Waals surface area (Å²) in [4.78, 5) is 20.1. The minimum atomic E-state index is -0.981. The van der Waals surface area contributed by atoms with Crippen LogP contribution in [0, 0.1) is 13.8 Å². The Morgan fingerprint density at radius 3 is 0.910 bits per heavy atom. The van der Waals surface area contributed by atoms with Crippen LogP contribution in [0.15, 0.2) is 171 Å². The normalized spacial score (nSPS) is 7.49. The molecule has 0 aliphatic heterocycles. The van der Waals surface area contributed by atoms with Crippen LogP contribution < -0.4 is 0 Å². The molecule has 0 unspecified atom stereocenters. The van der Waals surface area contributed by atoms with Gasteiger partial charge in [0.15, 0.2) is 5.78 Å². The minimum absolute atomic E-state index is 0. The number of rotatable bonds is 11. The van der Waals surface area contributed by atoms with Crippen molar-refractivity contribution < 1.29 is 14.7 Å². The van der Waals surface area contributed by atoms with Gasteiger partial charge in [0.1, 0.15) is 0 Å². The average molecular weight is 923 g/mol. The highest BCUT2D eigenvalue weighted by atomic mass is 16.4. The van der Waals surface area contributed by atoms with Gasteiger partial charge in [-0.1, -0.05) is 307 Å². The number of carbonyl (C=O) groups excluding carboxylic acids is 1. The number of benzene rings is 5. The lowest BCUT2D eigenvalue weighted by atomic mass is 9.97. The monoisotopic (exact) mass is 923 g/mol. The Kier molecular flexibility index (Phi) is 103. The standard InChI is InChI=1S/C17H20.C11H12O.C7H7B.C7H8.C3H4O2.8C2H6.2CH4/c1-15-11-13-17(14-12-15)10-6-5-9-16-7-3-2-4-8-16;1-2-11(12)9-8-10-6-4-3-5-7-10;8-6-7-4-2-1-3-5-7;1-7-5-3-2-4-6-7;1-2-3(4)5;8*1-2;;/h2-4,7-8,11-14H,5-6,9-10H2,1H3;2-7H,1,8-9H2;1-5H,6H2;2-6H,1H3;2H,1H2,(H,4,5);8*1-2H3;2*1H4. The molecule has 0 amide bonds. The Labute approximate surface area is 421 Å². The van der Waals surface area contributed by atoms with Crippen molar-refractivity contribution in [2.45, 2.75) is 184 Å². The van der Waals surface area contributed by atoms with E-state index in [0.29, 0.717) is 12.7 Å². The predicted octanol–water partition coefficient (Wildman–Crippen LogP) is 20.0. The summed E-state index contributed by atoms with van der Waals surface area (Å²) in [5.74, 6) is -0.871. The molecule has 0 fully saturated rings. The maximum atomic E-state index is 10.9. The minimum Gasteiger partial charge on any atom is -0.478 e. The first-order valence-corrected chi connectivity index (χ1v) is 24.7. The Balaban J connectivity index is -0.0000000725. The van der Waals surface area contributed by atoms with Crippen molar-refractivity contribution in [2.24, 2.45) is 0 Å². The molecular weight excluding hydrogens is 816 g/mol. The first-order chi connectivity index (χ1) is 31.8.